The lowest BCUT2D eigenvalue weighted by Gasteiger charge is -2.23. The Balaban J connectivity index is 1.63. The highest BCUT2D eigenvalue weighted by Crippen LogP contribution is 2.17. The van der Waals surface area contributed by atoms with Gasteiger partial charge in [0.25, 0.3) is 5.91 Å². The maximum Gasteiger partial charge on any atom is 0.253 e. The van der Waals surface area contributed by atoms with Crippen LogP contribution in [0.15, 0.2) is 60.7 Å². The van der Waals surface area contributed by atoms with Crippen molar-refractivity contribution in [2.24, 2.45) is 0 Å². The molecule has 5 nitrogen and oxygen atoms in total. The molecular formula is C23H29N3O2. The van der Waals surface area contributed by atoms with Gasteiger partial charge in [0, 0.05) is 37.7 Å². The number of carbonyl (C=O) groups excluding carboxylic acids is 2. The van der Waals surface area contributed by atoms with Crippen LogP contribution in [0.5, 0.6) is 0 Å². The average molecular weight is 380 g/mol. The molecule has 0 spiro atoms. The van der Waals surface area contributed by atoms with Crippen LogP contribution < -0.4 is 10.6 Å². The van der Waals surface area contributed by atoms with Crippen LogP contribution in [0.1, 0.15) is 47.6 Å². The number of nitrogens with zero attached hydrogens (tertiary/aromatic N) is 1. The van der Waals surface area contributed by atoms with Crippen molar-refractivity contribution in [3.8, 4) is 0 Å². The lowest BCUT2D eigenvalue weighted by molar-refractivity contribution is -0.121. The second-order valence-electron chi connectivity index (χ2n) is 7.19. The van der Waals surface area contributed by atoms with E-state index in [-0.39, 0.29) is 17.9 Å². The van der Waals surface area contributed by atoms with Crippen molar-refractivity contribution in [3.05, 3.63) is 71.8 Å². The molecule has 1 fully saturated rings. The molecule has 1 aliphatic rings. The highest BCUT2D eigenvalue weighted by molar-refractivity contribution is 5.94. The van der Waals surface area contributed by atoms with Crippen molar-refractivity contribution in [2.75, 3.05) is 26.2 Å². The maximum atomic E-state index is 12.8. The first-order valence-corrected chi connectivity index (χ1v) is 10.1. The normalized spacial score (nSPS) is 19.6. The van der Waals surface area contributed by atoms with Gasteiger partial charge in [-0.05, 0) is 43.5 Å². The Bertz CT molecular complexity index is 749. The molecule has 2 amide bonds. The minimum Gasteiger partial charge on any atom is -0.356 e. The molecule has 0 radical (unpaired) electrons. The molecule has 1 heterocycles. The van der Waals surface area contributed by atoms with Crippen LogP contribution in [0.3, 0.4) is 0 Å². The fourth-order valence-corrected chi connectivity index (χ4v) is 3.53. The van der Waals surface area contributed by atoms with Crippen LogP contribution in [-0.4, -0.2) is 42.9 Å². The molecule has 0 aromatic heterocycles. The van der Waals surface area contributed by atoms with Crippen molar-refractivity contribution in [2.45, 2.75) is 31.7 Å². The van der Waals surface area contributed by atoms with Crippen molar-refractivity contribution >= 4 is 11.8 Å². The van der Waals surface area contributed by atoms with E-state index in [0.29, 0.717) is 19.5 Å². The summed E-state index contributed by atoms with van der Waals surface area (Å²) in [6.45, 7) is 2.79. The minimum absolute atomic E-state index is 0.0176. The second-order valence-corrected chi connectivity index (χ2v) is 7.19. The van der Waals surface area contributed by atoms with Gasteiger partial charge in [0.2, 0.25) is 5.91 Å². The van der Waals surface area contributed by atoms with E-state index in [9.17, 15) is 9.59 Å². The van der Waals surface area contributed by atoms with Crippen molar-refractivity contribution < 1.29 is 9.59 Å². The fraction of sp³-hybridized carbons (Fsp3) is 0.391. The summed E-state index contributed by atoms with van der Waals surface area (Å²) >= 11 is 0. The van der Waals surface area contributed by atoms with E-state index < -0.39 is 0 Å². The summed E-state index contributed by atoms with van der Waals surface area (Å²) in [4.78, 5) is 27.1. The highest BCUT2D eigenvalue weighted by Gasteiger charge is 2.18. The Kier molecular flexibility index (Phi) is 7.62. The average Bonchev–Trinajstić information content (AvgIpc) is 2.76. The summed E-state index contributed by atoms with van der Waals surface area (Å²) in [6.07, 6.45) is 3.09. The van der Waals surface area contributed by atoms with Crippen LogP contribution >= 0.6 is 0 Å². The first kappa shape index (κ1) is 20.1. The van der Waals surface area contributed by atoms with E-state index in [2.05, 4.69) is 22.8 Å². The van der Waals surface area contributed by atoms with Crippen LogP contribution in [0.25, 0.3) is 0 Å². The zero-order valence-corrected chi connectivity index (χ0v) is 16.3. The summed E-state index contributed by atoms with van der Waals surface area (Å²) in [5.41, 5.74) is 1.85. The number of nitrogens with one attached hydrogen (secondary N) is 2. The third-order valence-corrected chi connectivity index (χ3v) is 5.07. The van der Waals surface area contributed by atoms with Gasteiger partial charge in [-0.25, -0.2) is 0 Å². The van der Waals surface area contributed by atoms with Crippen molar-refractivity contribution in [1.82, 2.24) is 15.5 Å². The molecule has 0 bridgehead atoms. The SMILES string of the molecule is O=C1C[C@@H](c2ccccc2)NCCCCN(C(=O)c2ccccc2)CCCN1. The monoisotopic (exact) mass is 379 g/mol. The molecular weight excluding hydrogens is 350 g/mol. The molecule has 0 unspecified atom stereocenters. The van der Waals surface area contributed by atoms with Gasteiger partial charge in [0.15, 0.2) is 0 Å². The largest absolute Gasteiger partial charge is 0.356 e. The summed E-state index contributed by atoms with van der Waals surface area (Å²) in [6, 6.07) is 19.5. The van der Waals surface area contributed by atoms with Gasteiger partial charge in [-0.1, -0.05) is 48.5 Å². The quantitative estimate of drug-likeness (QED) is 0.843. The van der Waals surface area contributed by atoms with Gasteiger partial charge in [-0.15, -0.1) is 0 Å². The number of rotatable bonds is 2. The lowest BCUT2D eigenvalue weighted by atomic mass is 10.0. The van der Waals surface area contributed by atoms with Crippen LogP contribution in [0, 0.1) is 0 Å². The molecule has 0 saturated carbocycles. The topological polar surface area (TPSA) is 61.4 Å². The predicted molar refractivity (Wildman–Crippen MR) is 111 cm³/mol. The molecule has 2 aromatic carbocycles. The number of benzene rings is 2. The standard InChI is InChI=1S/C23H29N3O2/c27-22-18-21(19-10-3-1-4-11-19)24-14-7-8-16-26(17-9-15-25-22)23(28)20-12-5-2-6-13-20/h1-6,10-13,21,24H,7-9,14-18H2,(H,25,27)/t21-/m0/s1. The third kappa shape index (κ3) is 5.92. The van der Waals surface area contributed by atoms with E-state index >= 15 is 0 Å². The summed E-state index contributed by atoms with van der Waals surface area (Å²) < 4.78 is 0. The Morgan fingerprint density at radius 1 is 0.857 bits per heavy atom. The number of carbonyl (C=O) groups is 2. The van der Waals surface area contributed by atoms with Gasteiger partial charge in [0.1, 0.15) is 0 Å². The Morgan fingerprint density at radius 2 is 1.54 bits per heavy atom. The summed E-state index contributed by atoms with van der Waals surface area (Å²) in [5.74, 6) is 0.110. The zero-order valence-electron chi connectivity index (χ0n) is 16.3. The van der Waals surface area contributed by atoms with Crippen LogP contribution in [0.2, 0.25) is 0 Å². The number of amides is 2. The molecule has 0 aliphatic carbocycles. The lowest BCUT2D eigenvalue weighted by Crippen LogP contribution is -2.35. The number of hydrogen-bond acceptors (Lipinski definition) is 3. The first-order chi connectivity index (χ1) is 13.7. The van der Waals surface area contributed by atoms with E-state index in [0.717, 1.165) is 43.5 Å². The Hall–Kier alpha value is -2.66. The molecule has 1 aliphatic heterocycles. The van der Waals surface area contributed by atoms with Gasteiger partial charge < -0.3 is 15.5 Å². The van der Waals surface area contributed by atoms with Crippen LogP contribution in [-0.2, 0) is 4.79 Å². The molecule has 3 rings (SSSR count). The molecule has 1 saturated heterocycles. The van der Waals surface area contributed by atoms with Gasteiger partial charge >= 0.3 is 0 Å². The summed E-state index contributed by atoms with van der Waals surface area (Å²) in [7, 11) is 0. The van der Waals surface area contributed by atoms with Gasteiger partial charge in [-0.2, -0.15) is 0 Å². The fourth-order valence-electron chi connectivity index (χ4n) is 3.53. The second kappa shape index (κ2) is 10.6. The third-order valence-electron chi connectivity index (χ3n) is 5.07. The van der Waals surface area contributed by atoms with Crippen LogP contribution in [0.4, 0.5) is 0 Å². The molecule has 2 N–H and O–H groups in total. The Labute approximate surface area is 167 Å². The van der Waals surface area contributed by atoms with E-state index in [4.69, 9.17) is 0 Å². The molecule has 2 aromatic rings. The van der Waals surface area contributed by atoms with Gasteiger partial charge in [-0.3, -0.25) is 9.59 Å². The molecule has 1 atom stereocenters. The first-order valence-electron chi connectivity index (χ1n) is 10.1. The molecule has 5 heteroatoms. The minimum atomic E-state index is 0.0176. The summed E-state index contributed by atoms with van der Waals surface area (Å²) in [5, 5.41) is 6.52. The Morgan fingerprint density at radius 3 is 2.29 bits per heavy atom. The van der Waals surface area contributed by atoms with Gasteiger partial charge in [0.05, 0.1) is 0 Å². The number of hydrogen-bond donors (Lipinski definition) is 2. The molecule has 28 heavy (non-hydrogen) atoms. The maximum absolute atomic E-state index is 12.8. The highest BCUT2D eigenvalue weighted by atomic mass is 16.2. The van der Waals surface area contributed by atoms with E-state index in [1.54, 1.807) is 0 Å². The molecule has 148 valence electrons. The zero-order chi connectivity index (χ0) is 19.6. The smallest absolute Gasteiger partial charge is 0.253 e. The van der Waals surface area contributed by atoms with Crippen molar-refractivity contribution in [3.63, 3.8) is 0 Å². The predicted octanol–water partition coefficient (Wildman–Crippen LogP) is 3.15. The van der Waals surface area contributed by atoms with E-state index in [1.165, 1.54) is 0 Å². The van der Waals surface area contributed by atoms with E-state index in [1.807, 2.05) is 53.4 Å². The van der Waals surface area contributed by atoms with Crippen molar-refractivity contribution in [1.29, 1.82) is 0 Å².